The fourth-order valence-corrected chi connectivity index (χ4v) is 2.51. The number of halogens is 2. The number of hydrogen-bond donors (Lipinski definition) is 2. The van der Waals surface area contributed by atoms with E-state index in [2.05, 4.69) is 5.32 Å². The van der Waals surface area contributed by atoms with Crippen LogP contribution in [0, 0.1) is 0 Å². The van der Waals surface area contributed by atoms with Crippen LogP contribution in [0.4, 0.5) is 5.69 Å². The maximum Gasteiger partial charge on any atom is 0.316 e. The second-order valence-electron chi connectivity index (χ2n) is 3.75. The van der Waals surface area contributed by atoms with Gasteiger partial charge in [-0.2, -0.15) is 0 Å². The van der Waals surface area contributed by atoms with Crippen molar-refractivity contribution in [2.45, 2.75) is 18.6 Å². The molecule has 0 aliphatic heterocycles. The topological polar surface area (TPSA) is 66.4 Å². The second-order valence-corrected chi connectivity index (χ2v) is 6.01. The number of thioether (sulfide) groups is 1. The third kappa shape index (κ3) is 5.30. The molecule has 1 amide bonds. The minimum absolute atomic E-state index is 0.198. The molecule has 4 nitrogen and oxygen atoms in total. The predicted molar refractivity (Wildman–Crippen MR) is 79.3 cm³/mol. The Balaban J connectivity index is 2.46. The second kappa shape index (κ2) is 7.62. The van der Waals surface area contributed by atoms with E-state index in [-0.39, 0.29) is 12.3 Å². The minimum Gasteiger partial charge on any atom is -0.480 e. The summed E-state index contributed by atoms with van der Waals surface area (Å²) in [6.07, 6.45) is 0.198. The van der Waals surface area contributed by atoms with Crippen LogP contribution >= 0.6 is 35.0 Å². The van der Waals surface area contributed by atoms with Gasteiger partial charge in [0, 0.05) is 12.2 Å². The van der Waals surface area contributed by atoms with Gasteiger partial charge in [-0.3, -0.25) is 9.59 Å². The summed E-state index contributed by atoms with van der Waals surface area (Å²) < 4.78 is 0. The highest BCUT2D eigenvalue weighted by molar-refractivity contribution is 8.00. The number of anilines is 1. The van der Waals surface area contributed by atoms with Crippen LogP contribution in [0.5, 0.6) is 0 Å². The minimum atomic E-state index is -0.889. The lowest BCUT2D eigenvalue weighted by atomic mass is 10.3. The van der Waals surface area contributed by atoms with E-state index >= 15 is 0 Å². The lowest BCUT2D eigenvalue weighted by molar-refractivity contribution is -0.136. The number of amides is 1. The quantitative estimate of drug-likeness (QED) is 0.841. The molecule has 7 heteroatoms. The first-order chi connectivity index (χ1) is 8.91. The number of carbonyl (C=O) groups is 2. The van der Waals surface area contributed by atoms with Crippen molar-refractivity contribution >= 4 is 52.5 Å². The summed E-state index contributed by atoms with van der Waals surface area (Å²) in [6, 6.07) is 4.94. The molecule has 1 aromatic carbocycles. The summed E-state index contributed by atoms with van der Waals surface area (Å²) in [5.74, 6) is -0.721. The highest BCUT2D eigenvalue weighted by Gasteiger charge is 2.13. The molecule has 0 heterocycles. The zero-order chi connectivity index (χ0) is 14.4. The average molecular weight is 322 g/mol. The third-order valence-electron chi connectivity index (χ3n) is 2.27. The van der Waals surface area contributed by atoms with Gasteiger partial charge in [0.25, 0.3) is 0 Å². The van der Waals surface area contributed by atoms with Crippen LogP contribution in [0.15, 0.2) is 18.2 Å². The summed E-state index contributed by atoms with van der Waals surface area (Å²) in [7, 11) is 0. The number of hydrogen-bond acceptors (Lipinski definition) is 3. The van der Waals surface area contributed by atoms with Crippen molar-refractivity contribution < 1.29 is 14.7 Å². The molecule has 0 aliphatic carbocycles. The van der Waals surface area contributed by atoms with Crippen molar-refractivity contribution in [1.29, 1.82) is 0 Å². The number of carboxylic acid groups (broad SMARTS) is 1. The van der Waals surface area contributed by atoms with Crippen LogP contribution in [0.2, 0.25) is 10.0 Å². The van der Waals surface area contributed by atoms with E-state index in [4.69, 9.17) is 28.3 Å². The maximum absolute atomic E-state index is 11.7. The number of aliphatic carboxylic acids is 1. The zero-order valence-corrected chi connectivity index (χ0v) is 12.5. The molecular weight excluding hydrogens is 309 g/mol. The van der Waals surface area contributed by atoms with Crippen LogP contribution in [0.25, 0.3) is 0 Å². The van der Waals surface area contributed by atoms with E-state index in [0.717, 1.165) is 0 Å². The lowest BCUT2D eigenvalue weighted by Crippen LogP contribution is -2.16. The van der Waals surface area contributed by atoms with Crippen LogP contribution in [-0.2, 0) is 9.59 Å². The molecule has 1 unspecified atom stereocenters. The Kier molecular flexibility index (Phi) is 6.48. The Morgan fingerprint density at radius 3 is 2.47 bits per heavy atom. The van der Waals surface area contributed by atoms with E-state index in [1.807, 2.05) is 0 Å². The van der Waals surface area contributed by atoms with Crippen molar-refractivity contribution in [2.24, 2.45) is 0 Å². The van der Waals surface area contributed by atoms with E-state index in [1.165, 1.54) is 11.8 Å². The van der Waals surface area contributed by atoms with Gasteiger partial charge in [-0.1, -0.05) is 29.3 Å². The Morgan fingerprint density at radius 1 is 1.37 bits per heavy atom. The zero-order valence-electron chi connectivity index (χ0n) is 10.2. The molecule has 1 atom stereocenters. The Hall–Kier alpha value is -0.910. The fraction of sp³-hybridized carbons (Fsp3) is 0.333. The number of para-hydroxylation sites is 1. The van der Waals surface area contributed by atoms with Gasteiger partial charge in [-0.15, -0.1) is 11.8 Å². The van der Waals surface area contributed by atoms with Crippen molar-refractivity contribution in [1.82, 2.24) is 0 Å². The first-order valence-electron chi connectivity index (χ1n) is 5.50. The molecule has 2 N–H and O–H groups in total. The van der Waals surface area contributed by atoms with Gasteiger partial charge in [0.1, 0.15) is 0 Å². The summed E-state index contributed by atoms with van der Waals surface area (Å²) in [4.78, 5) is 22.3. The van der Waals surface area contributed by atoms with Gasteiger partial charge < -0.3 is 10.4 Å². The molecule has 1 rings (SSSR count). The molecule has 0 saturated heterocycles. The fourth-order valence-electron chi connectivity index (χ4n) is 1.22. The first kappa shape index (κ1) is 16.1. The smallest absolute Gasteiger partial charge is 0.316 e. The van der Waals surface area contributed by atoms with Crippen LogP contribution in [0.1, 0.15) is 13.3 Å². The largest absolute Gasteiger partial charge is 0.480 e. The molecule has 0 spiro atoms. The van der Waals surface area contributed by atoms with Crippen molar-refractivity contribution in [3.05, 3.63) is 28.2 Å². The average Bonchev–Trinajstić information content (AvgIpc) is 2.33. The number of nitrogens with one attached hydrogen (secondary N) is 1. The molecule has 104 valence electrons. The highest BCUT2D eigenvalue weighted by Crippen LogP contribution is 2.29. The van der Waals surface area contributed by atoms with Gasteiger partial charge in [-0.05, 0) is 19.1 Å². The summed E-state index contributed by atoms with van der Waals surface area (Å²) >= 11 is 13.0. The normalized spacial score (nSPS) is 11.9. The van der Waals surface area contributed by atoms with Gasteiger partial charge in [0.15, 0.2) is 0 Å². The lowest BCUT2D eigenvalue weighted by Gasteiger charge is -2.09. The van der Waals surface area contributed by atoms with Gasteiger partial charge in [0.05, 0.1) is 21.0 Å². The monoisotopic (exact) mass is 321 g/mol. The van der Waals surface area contributed by atoms with Gasteiger partial charge in [0.2, 0.25) is 5.91 Å². The van der Waals surface area contributed by atoms with Crippen molar-refractivity contribution in [3.63, 3.8) is 0 Å². The molecule has 19 heavy (non-hydrogen) atoms. The number of benzene rings is 1. The van der Waals surface area contributed by atoms with Crippen molar-refractivity contribution in [3.8, 4) is 0 Å². The van der Waals surface area contributed by atoms with Gasteiger partial charge >= 0.3 is 5.97 Å². The van der Waals surface area contributed by atoms with E-state index < -0.39 is 11.2 Å². The van der Waals surface area contributed by atoms with Crippen LogP contribution in [-0.4, -0.2) is 28.0 Å². The molecule has 0 bridgehead atoms. The summed E-state index contributed by atoms with van der Waals surface area (Å²) in [5.41, 5.74) is 0.382. The molecule has 0 fully saturated rings. The maximum atomic E-state index is 11.7. The molecule has 1 aromatic rings. The van der Waals surface area contributed by atoms with E-state index in [0.29, 0.717) is 21.5 Å². The molecule has 0 radical (unpaired) electrons. The van der Waals surface area contributed by atoms with E-state index in [9.17, 15) is 9.59 Å². The van der Waals surface area contributed by atoms with Crippen molar-refractivity contribution in [2.75, 3.05) is 11.1 Å². The molecular formula is C12H13Cl2NO3S. The van der Waals surface area contributed by atoms with Gasteiger partial charge in [-0.25, -0.2) is 0 Å². The summed E-state index contributed by atoms with van der Waals surface area (Å²) in [6.45, 7) is 1.58. The van der Waals surface area contributed by atoms with E-state index in [1.54, 1.807) is 25.1 Å². The predicted octanol–water partition coefficient (Wildman–Crippen LogP) is 3.53. The Bertz CT molecular complexity index is 462. The SMILES string of the molecule is CC(SCCC(=O)Nc1c(Cl)cccc1Cl)C(=O)O. The summed E-state index contributed by atoms with van der Waals surface area (Å²) in [5, 5.41) is 11.5. The Morgan fingerprint density at radius 2 is 1.95 bits per heavy atom. The number of carboxylic acids is 1. The molecule has 0 aromatic heterocycles. The number of rotatable bonds is 6. The highest BCUT2D eigenvalue weighted by atomic mass is 35.5. The van der Waals surface area contributed by atoms with Crippen LogP contribution < -0.4 is 5.32 Å². The molecule has 0 saturated carbocycles. The Labute approximate surface area is 125 Å². The number of carbonyl (C=O) groups excluding carboxylic acids is 1. The first-order valence-corrected chi connectivity index (χ1v) is 7.30. The third-order valence-corrected chi connectivity index (χ3v) is 4.04. The molecule has 0 aliphatic rings. The van der Waals surface area contributed by atoms with Crippen LogP contribution in [0.3, 0.4) is 0 Å². The standard InChI is InChI=1S/C12H13Cl2NO3S/c1-7(12(17)18)19-6-5-10(16)15-11-8(13)3-2-4-9(11)14/h2-4,7H,5-6H2,1H3,(H,15,16)(H,17,18).